The molecule has 0 bridgehead atoms. The summed E-state index contributed by atoms with van der Waals surface area (Å²) >= 11 is 0. The Labute approximate surface area is 123 Å². The van der Waals surface area contributed by atoms with E-state index in [-0.39, 0.29) is 0 Å². The van der Waals surface area contributed by atoms with Crippen LogP contribution in [0.4, 0.5) is 0 Å². The van der Waals surface area contributed by atoms with Crippen LogP contribution in [0.3, 0.4) is 0 Å². The van der Waals surface area contributed by atoms with Gasteiger partial charge in [0.2, 0.25) is 0 Å². The molecule has 2 rings (SSSR count). The Morgan fingerprint density at radius 1 is 1.35 bits per heavy atom. The van der Waals surface area contributed by atoms with Gasteiger partial charge in [-0.2, -0.15) is 0 Å². The van der Waals surface area contributed by atoms with E-state index in [1.807, 2.05) is 6.07 Å². The largest absolute Gasteiger partial charge is 0.497 e. The Kier molecular flexibility index (Phi) is 5.44. The summed E-state index contributed by atoms with van der Waals surface area (Å²) in [6, 6.07) is 9.69. The lowest BCUT2D eigenvalue weighted by Gasteiger charge is -2.43. The van der Waals surface area contributed by atoms with Crippen molar-refractivity contribution in [3.8, 4) is 5.75 Å². The van der Waals surface area contributed by atoms with Crippen molar-refractivity contribution in [3.05, 3.63) is 29.8 Å². The number of benzene rings is 1. The summed E-state index contributed by atoms with van der Waals surface area (Å²) in [6.45, 7) is 10.2. The van der Waals surface area contributed by atoms with Crippen LogP contribution >= 0.6 is 0 Å². The molecule has 3 atom stereocenters. The van der Waals surface area contributed by atoms with Gasteiger partial charge in [-0.25, -0.2) is 0 Å². The third kappa shape index (κ3) is 3.53. The number of methoxy groups -OCH3 is 1. The molecule has 1 aromatic rings. The van der Waals surface area contributed by atoms with E-state index in [1.54, 1.807) is 7.11 Å². The van der Waals surface area contributed by atoms with Crippen LogP contribution in [0.15, 0.2) is 24.3 Å². The minimum absolute atomic E-state index is 0.610. The molecule has 0 amide bonds. The number of hydrogen-bond donors (Lipinski definition) is 1. The molecular weight excluding hydrogens is 248 g/mol. The van der Waals surface area contributed by atoms with Gasteiger partial charge in [0.25, 0.3) is 0 Å². The molecule has 1 saturated heterocycles. The maximum atomic E-state index is 5.31. The molecule has 1 heterocycles. The number of hydrogen-bond acceptors (Lipinski definition) is 3. The van der Waals surface area contributed by atoms with Crippen molar-refractivity contribution in [3.63, 3.8) is 0 Å². The fraction of sp³-hybridized carbons (Fsp3) is 0.647. The summed E-state index contributed by atoms with van der Waals surface area (Å²) in [7, 11) is 1.73. The maximum Gasteiger partial charge on any atom is 0.119 e. The van der Waals surface area contributed by atoms with Crippen LogP contribution < -0.4 is 10.1 Å². The highest BCUT2D eigenvalue weighted by Gasteiger charge is 2.31. The Hall–Kier alpha value is -1.06. The van der Waals surface area contributed by atoms with Gasteiger partial charge in [-0.15, -0.1) is 0 Å². The molecule has 0 spiro atoms. The molecule has 0 aromatic heterocycles. The molecule has 1 aliphatic heterocycles. The molecular formula is C17H28N2O. The van der Waals surface area contributed by atoms with Crippen molar-refractivity contribution in [2.75, 3.05) is 20.2 Å². The highest BCUT2D eigenvalue weighted by atomic mass is 16.5. The van der Waals surface area contributed by atoms with Crippen LogP contribution in [0.25, 0.3) is 0 Å². The molecule has 1 aromatic carbocycles. The molecule has 3 nitrogen and oxygen atoms in total. The Morgan fingerprint density at radius 3 is 2.85 bits per heavy atom. The van der Waals surface area contributed by atoms with Crippen LogP contribution in [0.2, 0.25) is 0 Å². The summed E-state index contributed by atoms with van der Waals surface area (Å²) in [6.07, 6.45) is 1.24. The van der Waals surface area contributed by atoms with E-state index in [0.717, 1.165) is 18.8 Å². The van der Waals surface area contributed by atoms with Crippen molar-refractivity contribution in [1.82, 2.24) is 10.2 Å². The first kappa shape index (κ1) is 15.3. The molecule has 0 radical (unpaired) electrons. The number of nitrogens with one attached hydrogen (secondary N) is 1. The third-order valence-corrected chi connectivity index (χ3v) is 4.69. The first-order chi connectivity index (χ1) is 9.65. The topological polar surface area (TPSA) is 24.5 Å². The van der Waals surface area contributed by atoms with Gasteiger partial charge in [-0.05, 0) is 43.5 Å². The van der Waals surface area contributed by atoms with Gasteiger partial charge in [-0.1, -0.05) is 26.0 Å². The number of nitrogens with zero attached hydrogens (tertiary/aromatic N) is 1. The predicted molar refractivity (Wildman–Crippen MR) is 84.1 cm³/mol. The summed E-state index contributed by atoms with van der Waals surface area (Å²) in [5.74, 6) is 1.64. The molecule has 112 valence electrons. The number of rotatable bonds is 5. The van der Waals surface area contributed by atoms with Crippen LogP contribution in [-0.4, -0.2) is 37.2 Å². The van der Waals surface area contributed by atoms with Gasteiger partial charge >= 0.3 is 0 Å². The van der Waals surface area contributed by atoms with E-state index in [1.165, 1.54) is 18.5 Å². The molecule has 1 N–H and O–H groups in total. The molecule has 3 heteroatoms. The highest BCUT2D eigenvalue weighted by Crippen LogP contribution is 2.26. The highest BCUT2D eigenvalue weighted by molar-refractivity contribution is 5.28. The summed E-state index contributed by atoms with van der Waals surface area (Å²) < 4.78 is 5.31. The summed E-state index contributed by atoms with van der Waals surface area (Å²) in [5.41, 5.74) is 1.34. The second-order valence-corrected chi connectivity index (χ2v) is 5.87. The Bertz CT molecular complexity index is 421. The van der Waals surface area contributed by atoms with Crippen LogP contribution in [-0.2, 0) is 6.54 Å². The van der Waals surface area contributed by atoms with Crippen LogP contribution in [0.5, 0.6) is 5.75 Å². The average molecular weight is 276 g/mol. The van der Waals surface area contributed by atoms with Crippen LogP contribution in [0, 0.1) is 5.92 Å². The number of likely N-dealkylation sites (tertiary alicyclic amines) is 1. The van der Waals surface area contributed by atoms with Gasteiger partial charge in [-0.3, -0.25) is 4.90 Å². The van der Waals surface area contributed by atoms with E-state index in [0.29, 0.717) is 18.0 Å². The quantitative estimate of drug-likeness (QED) is 0.895. The van der Waals surface area contributed by atoms with Gasteiger partial charge in [0.05, 0.1) is 7.11 Å². The summed E-state index contributed by atoms with van der Waals surface area (Å²) in [5, 5.41) is 3.62. The molecule has 0 aliphatic carbocycles. The molecule has 1 aliphatic rings. The molecule has 1 fully saturated rings. The fourth-order valence-corrected chi connectivity index (χ4v) is 3.22. The molecule has 20 heavy (non-hydrogen) atoms. The smallest absolute Gasteiger partial charge is 0.119 e. The van der Waals surface area contributed by atoms with E-state index in [4.69, 9.17) is 4.74 Å². The van der Waals surface area contributed by atoms with E-state index in [9.17, 15) is 0 Å². The van der Waals surface area contributed by atoms with Crippen molar-refractivity contribution >= 4 is 0 Å². The van der Waals surface area contributed by atoms with Gasteiger partial charge in [0, 0.05) is 25.2 Å². The van der Waals surface area contributed by atoms with Crippen molar-refractivity contribution < 1.29 is 4.74 Å². The van der Waals surface area contributed by atoms with Crippen molar-refractivity contribution in [2.45, 2.75) is 45.8 Å². The maximum absolute atomic E-state index is 5.31. The minimum atomic E-state index is 0.610. The fourth-order valence-electron chi connectivity index (χ4n) is 3.22. The zero-order valence-corrected chi connectivity index (χ0v) is 13.2. The van der Waals surface area contributed by atoms with E-state index in [2.05, 4.69) is 49.2 Å². The predicted octanol–water partition coefficient (Wildman–Crippen LogP) is 2.90. The van der Waals surface area contributed by atoms with E-state index >= 15 is 0 Å². The van der Waals surface area contributed by atoms with Gasteiger partial charge < -0.3 is 10.1 Å². The number of ether oxygens (including phenoxy) is 1. The minimum Gasteiger partial charge on any atom is -0.497 e. The van der Waals surface area contributed by atoms with E-state index < -0.39 is 0 Å². The first-order valence-electron chi connectivity index (χ1n) is 7.76. The normalized spacial score (nSPS) is 27.5. The first-order valence-corrected chi connectivity index (χ1v) is 7.76. The zero-order valence-electron chi connectivity index (χ0n) is 13.2. The standard InChI is InChI=1S/C17H28N2O/c1-5-18-17-9-10-19(14(3)13(17)2)12-15-7-6-8-16(11-15)20-4/h6-8,11,13-14,17-18H,5,9-10,12H2,1-4H3. The van der Waals surface area contributed by atoms with Crippen LogP contribution in [0.1, 0.15) is 32.8 Å². The third-order valence-electron chi connectivity index (χ3n) is 4.69. The van der Waals surface area contributed by atoms with Crippen molar-refractivity contribution in [2.24, 2.45) is 5.92 Å². The molecule has 0 saturated carbocycles. The lowest BCUT2D eigenvalue weighted by atomic mass is 9.86. The lowest BCUT2D eigenvalue weighted by Crippen LogP contribution is -2.52. The number of piperidine rings is 1. The summed E-state index contributed by atoms with van der Waals surface area (Å²) in [4.78, 5) is 2.59. The SMILES string of the molecule is CCNC1CCN(Cc2cccc(OC)c2)C(C)C1C. The Morgan fingerprint density at radius 2 is 2.15 bits per heavy atom. The second kappa shape index (κ2) is 7.09. The van der Waals surface area contributed by atoms with Gasteiger partial charge in [0.15, 0.2) is 0 Å². The lowest BCUT2D eigenvalue weighted by molar-refractivity contribution is 0.0790. The Balaban J connectivity index is 1.99. The van der Waals surface area contributed by atoms with Gasteiger partial charge in [0.1, 0.15) is 5.75 Å². The van der Waals surface area contributed by atoms with Crippen molar-refractivity contribution in [1.29, 1.82) is 0 Å². The zero-order chi connectivity index (χ0) is 14.5. The molecule has 3 unspecified atom stereocenters. The second-order valence-electron chi connectivity index (χ2n) is 5.87. The average Bonchev–Trinajstić information content (AvgIpc) is 2.47. The monoisotopic (exact) mass is 276 g/mol.